The molecule has 1 atom stereocenters. The van der Waals surface area contributed by atoms with E-state index in [9.17, 15) is 13.2 Å². The van der Waals surface area contributed by atoms with Gasteiger partial charge in [0.15, 0.2) is 9.84 Å². The molecule has 2 heterocycles. The van der Waals surface area contributed by atoms with Gasteiger partial charge in [-0.15, -0.1) is 5.10 Å². The molecule has 2 aromatic rings. The van der Waals surface area contributed by atoms with Gasteiger partial charge in [0.2, 0.25) is 5.16 Å². The number of aromatic nitrogens is 4. The normalized spacial score (nSPS) is 19.0. The van der Waals surface area contributed by atoms with Crippen LogP contribution in [-0.4, -0.2) is 58.0 Å². The van der Waals surface area contributed by atoms with Crippen LogP contribution in [0.15, 0.2) is 23.4 Å². The Morgan fingerprint density at radius 1 is 1.36 bits per heavy atom. The van der Waals surface area contributed by atoms with Crippen molar-refractivity contribution in [2.75, 3.05) is 17.3 Å². The Bertz CT molecular complexity index is 874. The van der Waals surface area contributed by atoms with Crippen LogP contribution in [0.1, 0.15) is 17.5 Å². The summed E-state index contributed by atoms with van der Waals surface area (Å²) in [6.45, 7) is 3.93. The largest absolute Gasteiger partial charge is 0.461 e. The molecule has 1 aliphatic heterocycles. The molecule has 1 saturated heterocycles. The standard InChI is InChI=1S/C15H18N4O4S2/c1-10-4-3-5-11(2)14(10)19-15(16-17-18-19)24-8-13(20)23-12-6-7-25(21,22)9-12/h3-5,12H,6-9H2,1-2H3/t12-/m1/s1. The molecule has 1 aromatic carbocycles. The van der Waals surface area contributed by atoms with Gasteiger partial charge in [-0.2, -0.15) is 4.68 Å². The highest BCUT2D eigenvalue weighted by Crippen LogP contribution is 2.24. The molecule has 8 nitrogen and oxygen atoms in total. The van der Waals surface area contributed by atoms with Crippen LogP contribution in [0.25, 0.3) is 5.69 Å². The predicted octanol–water partition coefficient (Wildman–Crippen LogP) is 1.10. The first-order valence-corrected chi connectivity index (χ1v) is 10.5. The highest BCUT2D eigenvalue weighted by atomic mass is 32.2. The minimum atomic E-state index is -3.07. The zero-order chi connectivity index (χ0) is 18.0. The summed E-state index contributed by atoms with van der Waals surface area (Å²) in [4.78, 5) is 12.0. The number of sulfone groups is 1. The summed E-state index contributed by atoms with van der Waals surface area (Å²) in [6, 6.07) is 5.89. The molecule has 0 N–H and O–H groups in total. The van der Waals surface area contributed by atoms with Gasteiger partial charge in [0.1, 0.15) is 6.10 Å². The Morgan fingerprint density at radius 2 is 2.08 bits per heavy atom. The maximum absolute atomic E-state index is 12.0. The SMILES string of the molecule is Cc1cccc(C)c1-n1nnnc1SCC(=O)O[C@@H]1CCS(=O)(=O)C1. The molecule has 1 aliphatic rings. The van der Waals surface area contributed by atoms with E-state index in [4.69, 9.17) is 4.74 Å². The molecule has 1 fully saturated rings. The molecule has 1 aromatic heterocycles. The van der Waals surface area contributed by atoms with Crippen molar-refractivity contribution in [3.8, 4) is 5.69 Å². The second-order valence-corrected chi connectivity index (χ2v) is 9.09. The van der Waals surface area contributed by atoms with E-state index in [-0.39, 0.29) is 17.3 Å². The number of benzene rings is 1. The Morgan fingerprint density at radius 3 is 2.72 bits per heavy atom. The van der Waals surface area contributed by atoms with Crippen LogP contribution in [-0.2, 0) is 19.4 Å². The van der Waals surface area contributed by atoms with E-state index in [1.54, 1.807) is 4.68 Å². The lowest BCUT2D eigenvalue weighted by atomic mass is 10.1. The Balaban J connectivity index is 1.65. The number of hydrogen-bond acceptors (Lipinski definition) is 8. The van der Waals surface area contributed by atoms with E-state index in [2.05, 4.69) is 15.5 Å². The van der Waals surface area contributed by atoms with Gasteiger partial charge in [-0.25, -0.2) is 8.42 Å². The number of ether oxygens (including phenoxy) is 1. The number of nitrogens with zero attached hydrogens (tertiary/aromatic N) is 4. The number of rotatable bonds is 5. The van der Waals surface area contributed by atoms with Crippen LogP contribution in [0.2, 0.25) is 0 Å². The van der Waals surface area contributed by atoms with Gasteiger partial charge in [0.25, 0.3) is 0 Å². The number of hydrogen-bond donors (Lipinski definition) is 0. The molecule has 3 rings (SSSR count). The summed E-state index contributed by atoms with van der Waals surface area (Å²) in [7, 11) is -3.07. The topological polar surface area (TPSA) is 104 Å². The fourth-order valence-electron chi connectivity index (χ4n) is 2.75. The van der Waals surface area contributed by atoms with Crippen LogP contribution in [0.3, 0.4) is 0 Å². The van der Waals surface area contributed by atoms with Gasteiger partial charge < -0.3 is 4.74 Å². The molecule has 0 radical (unpaired) electrons. The molecule has 0 spiro atoms. The van der Waals surface area contributed by atoms with Gasteiger partial charge in [-0.3, -0.25) is 4.79 Å². The van der Waals surface area contributed by atoms with Gasteiger partial charge in [0.05, 0.1) is 22.9 Å². The Labute approximate surface area is 149 Å². The van der Waals surface area contributed by atoms with Crippen LogP contribution < -0.4 is 0 Å². The first-order valence-electron chi connectivity index (χ1n) is 7.73. The van der Waals surface area contributed by atoms with Gasteiger partial charge >= 0.3 is 5.97 Å². The fourth-order valence-corrected chi connectivity index (χ4v) is 5.00. The third-order valence-electron chi connectivity index (χ3n) is 3.90. The van der Waals surface area contributed by atoms with Crippen molar-refractivity contribution in [2.24, 2.45) is 0 Å². The number of esters is 1. The van der Waals surface area contributed by atoms with Crippen molar-refractivity contribution >= 4 is 27.6 Å². The fraction of sp³-hybridized carbons (Fsp3) is 0.467. The van der Waals surface area contributed by atoms with E-state index >= 15 is 0 Å². The molecule has 0 unspecified atom stereocenters. The third-order valence-corrected chi connectivity index (χ3v) is 6.53. The quantitative estimate of drug-likeness (QED) is 0.559. The second-order valence-electron chi connectivity index (χ2n) is 5.92. The van der Waals surface area contributed by atoms with Crippen molar-refractivity contribution in [3.05, 3.63) is 29.3 Å². The number of thioether (sulfide) groups is 1. The van der Waals surface area contributed by atoms with E-state index in [1.165, 1.54) is 0 Å². The number of tetrazole rings is 1. The molecule has 134 valence electrons. The number of carbonyl (C=O) groups is 1. The summed E-state index contributed by atoms with van der Waals surface area (Å²) in [5.74, 6) is -0.475. The number of aryl methyl sites for hydroxylation is 2. The lowest BCUT2D eigenvalue weighted by molar-refractivity contribution is -0.144. The summed E-state index contributed by atoms with van der Waals surface area (Å²) in [5, 5.41) is 12.1. The number of carbonyl (C=O) groups excluding carboxylic acids is 1. The van der Waals surface area contributed by atoms with Gasteiger partial charge in [0, 0.05) is 0 Å². The van der Waals surface area contributed by atoms with E-state index in [1.807, 2.05) is 32.0 Å². The summed E-state index contributed by atoms with van der Waals surface area (Å²) in [6.07, 6.45) is -0.188. The van der Waals surface area contributed by atoms with Crippen LogP contribution in [0.4, 0.5) is 0 Å². The molecule has 25 heavy (non-hydrogen) atoms. The van der Waals surface area contributed by atoms with Crippen molar-refractivity contribution in [2.45, 2.75) is 31.5 Å². The van der Waals surface area contributed by atoms with Crippen molar-refractivity contribution in [1.82, 2.24) is 20.2 Å². The van der Waals surface area contributed by atoms with Crippen molar-refractivity contribution in [1.29, 1.82) is 0 Å². The van der Waals surface area contributed by atoms with Gasteiger partial charge in [-0.1, -0.05) is 30.0 Å². The zero-order valence-electron chi connectivity index (χ0n) is 13.9. The minimum absolute atomic E-state index is 0.0157. The van der Waals surface area contributed by atoms with E-state index < -0.39 is 21.9 Å². The summed E-state index contributed by atoms with van der Waals surface area (Å²) in [5.41, 5.74) is 2.92. The highest BCUT2D eigenvalue weighted by Gasteiger charge is 2.30. The van der Waals surface area contributed by atoms with Crippen LogP contribution in [0, 0.1) is 13.8 Å². The maximum atomic E-state index is 12.0. The van der Waals surface area contributed by atoms with E-state index in [0.29, 0.717) is 11.6 Å². The first kappa shape index (κ1) is 17.9. The maximum Gasteiger partial charge on any atom is 0.316 e. The second kappa shape index (κ2) is 7.12. The summed E-state index contributed by atoms with van der Waals surface area (Å²) < 4.78 is 29.6. The predicted molar refractivity (Wildman–Crippen MR) is 92.5 cm³/mol. The van der Waals surface area contributed by atoms with Crippen LogP contribution >= 0.6 is 11.8 Å². The molecular formula is C15H18N4O4S2. The lowest BCUT2D eigenvalue weighted by Crippen LogP contribution is -2.20. The zero-order valence-corrected chi connectivity index (χ0v) is 15.5. The van der Waals surface area contributed by atoms with E-state index in [0.717, 1.165) is 28.6 Å². The highest BCUT2D eigenvalue weighted by molar-refractivity contribution is 7.99. The van der Waals surface area contributed by atoms with Gasteiger partial charge in [-0.05, 0) is 41.8 Å². The third kappa shape index (κ3) is 4.18. The van der Waals surface area contributed by atoms with Crippen molar-refractivity contribution < 1.29 is 17.9 Å². The molecule has 0 saturated carbocycles. The van der Waals surface area contributed by atoms with Crippen LogP contribution in [0.5, 0.6) is 0 Å². The monoisotopic (exact) mass is 382 g/mol. The minimum Gasteiger partial charge on any atom is -0.461 e. The summed E-state index contributed by atoms with van der Waals surface area (Å²) >= 11 is 1.16. The Hall–Kier alpha value is -1.94. The number of para-hydroxylation sites is 1. The smallest absolute Gasteiger partial charge is 0.316 e. The average Bonchev–Trinajstić information content (AvgIpc) is 3.11. The lowest BCUT2D eigenvalue weighted by Gasteiger charge is -2.11. The van der Waals surface area contributed by atoms with Crippen molar-refractivity contribution in [3.63, 3.8) is 0 Å². The molecule has 0 amide bonds. The molecule has 0 bridgehead atoms. The molecule has 0 aliphatic carbocycles. The molecule has 10 heteroatoms. The molecular weight excluding hydrogens is 364 g/mol. The average molecular weight is 382 g/mol. The first-order chi connectivity index (χ1) is 11.9. The Kier molecular flexibility index (Phi) is 5.09.